The molecule has 30 heavy (non-hydrogen) atoms. The van der Waals surface area contributed by atoms with Gasteiger partial charge in [-0.3, -0.25) is 9.59 Å². The van der Waals surface area contributed by atoms with Crippen LogP contribution in [0.5, 0.6) is 0 Å². The lowest BCUT2D eigenvalue weighted by Crippen LogP contribution is -2.43. The number of amides is 1. The maximum atomic E-state index is 12.7. The molecule has 1 atom stereocenters. The van der Waals surface area contributed by atoms with Crippen molar-refractivity contribution in [3.8, 4) is 0 Å². The van der Waals surface area contributed by atoms with Gasteiger partial charge in [0, 0.05) is 31.4 Å². The molecule has 0 saturated carbocycles. The van der Waals surface area contributed by atoms with E-state index in [1.54, 1.807) is 0 Å². The van der Waals surface area contributed by atoms with Gasteiger partial charge >= 0.3 is 0 Å². The molecule has 0 unspecified atom stereocenters. The third kappa shape index (κ3) is 5.78. The first-order valence-electron chi connectivity index (χ1n) is 11.1. The summed E-state index contributed by atoms with van der Waals surface area (Å²) in [6.45, 7) is 11.7. The van der Waals surface area contributed by atoms with E-state index >= 15 is 0 Å². The van der Waals surface area contributed by atoms with Gasteiger partial charge < -0.3 is 15.1 Å². The van der Waals surface area contributed by atoms with Crippen molar-refractivity contribution >= 4 is 27.3 Å². The summed E-state index contributed by atoms with van der Waals surface area (Å²) in [7, 11) is 0. The first kappa shape index (κ1) is 22.7. The molecule has 2 aromatic heterocycles. The number of aromatic nitrogens is 3. The van der Waals surface area contributed by atoms with Gasteiger partial charge in [-0.25, -0.2) is 4.98 Å². The third-order valence-electron chi connectivity index (χ3n) is 5.46. The lowest BCUT2D eigenvalue weighted by atomic mass is 9.97. The summed E-state index contributed by atoms with van der Waals surface area (Å²) in [6, 6.07) is 1.49. The molecular formula is C21H34N6O2S. The van der Waals surface area contributed by atoms with Crippen LogP contribution in [0.15, 0.2) is 10.9 Å². The quantitative estimate of drug-likeness (QED) is 0.578. The fourth-order valence-corrected chi connectivity index (χ4v) is 5.02. The number of hydrogen-bond donors (Lipinski definition) is 1. The van der Waals surface area contributed by atoms with Gasteiger partial charge in [0.1, 0.15) is 0 Å². The second-order valence-electron chi connectivity index (χ2n) is 8.09. The highest BCUT2D eigenvalue weighted by atomic mass is 32.1. The fourth-order valence-electron chi connectivity index (χ4n) is 4.03. The minimum Gasteiger partial charge on any atom is -0.356 e. The SMILES string of the molecule is CCCN(CCC)CCCNC(=O)[C@@H]1CCCN(c2nn3c(=O)cc(C)nc3s2)C1. The number of nitrogens with zero attached hydrogens (tertiary/aromatic N) is 5. The molecule has 9 heteroatoms. The van der Waals surface area contributed by atoms with E-state index in [9.17, 15) is 9.59 Å². The normalized spacial score (nSPS) is 17.1. The standard InChI is InChI=1S/C21H34N6O2S/c1-4-10-25(11-5-2)12-7-9-22-19(29)17-8-6-13-26(15-17)21-24-27-18(28)14-16(3)23-20(27)30-21/h14,17H,4-13,15H2,1-3H3,(H,22,29)/t17-/m1/s1. The topological polar surface area (TPSA) is 82.8 Å². The summed E-state index contributed by atoms with van der Waals surface area (Å²) < 4.78 is 1.36. The Labute approximate surface area is 182 Å². The molecule has 2 aromatic rings. The molecule has 3 heterocycles. The van der Waals surface area contributed by atoms with Crippen molar-refractivity contribution in [3.05, 3.63) is 22.1 Å². The average molecular weight is 435 g/mol. The molecule has 1 aliphatic heterocycles. The summed E-state index contributed by atoms with van der Waals surface area (Å²) >= 11 is 1.41. The third-order valence-corrected chi connectivity index (χ3v) is 6.42. The maximum absolute atomic E-state index is 12.7. The highest BCUT2D eigenvalue weighted by molar-refractivity contribution is 7.20. The predicted molar refractivity (Wildman–Crippen MR) is 121 cm³/mol. The van der Waals surface area contributed by atoms with Gasteiger partial charge in [0.05, 0.1) is 5.92 Å². The lowest BCUT2D eigenvalue weighted by Gasteiger charge is -2.31. The number of rotatable bonds is 10. The van der Waals surface area contributed by atoms with Gasteiger partial charge in [0.2, 0.25) is 16.0 Å². The van der Waals surface area contributed by atoms with Crippen LogP contribution in [0.2, 0.25) is 0 Å². The Morgan fingerprint density at radius 2 is 2.07 bits per heavy atom. The van der Waals surface area contributed by atoms with Crippen LogP contribution in [0.3, 0.4) is 0 Å². The van der Waals surface area contributed by atoms with E-state index in [-0.39, 0.29) is 17.4 Å². The van der Waals surface area contributed by atoms with Crippen LogP contribution in [0.25, 0.3) is 4.96 Å². The minimum atomic E-state index is -0.161. The Morgan fingerprint density at radius 3 is 2.80 bits per heavy atom. The van der Waals surface area contributed by atoms with Crippen LogP contribution in [-0.4, -0.2) is 64.7 Å². The number of fused-ring (bicyclic) bond motifs is 1. The molecule has 0 aliphatic carbocycles. The van der Waals surface area contributed by atoms with Gasteiger partial charge in [0.25, 0.3) is 5.56 Å². The second kappa shape index (κ2) is 10.9. The summed E-state index contributed by atoms with van der Waals surface area (Å²) in [5.74, 6) is 0.0871. The van der Waals surface area contributed by atoms with E-state index in [1.807, 2.05) is 6.92 Å². The van der Waals surface area contributed by atoms with Gasteiger partial charge in [0.15, 0.2) is 0 Å². The van der Waals surface area contributed by atoms with Crippen molar-refractivity contribution in [3.63, 3.8) is 0 Å². The zero-order valence-electron chi connectivity index (χ0n) is 18.4. The molecule has 0 radical (unpaired) electrons. The highest BCUT2D eigenvalue weighted by Crippen LogP contribution is 2.26. The van der Waals surface area contributed by atoms with Gasteiger partial charge in [-0.15, -0.1) is 5.10 Å². The average Bonchev–Trinajstić information content (AvgIpc) is 3.16. The van der Waals surface area contributed by atoms with Crippen molar-refractivity contribution < 1.29 is 4.79 Å². The molecule has 1 N–H and O–H groups in total. The number of aryl methyl sites for hydroxylation is 1. The Kier molecular flexibility index (Phi) is 8.21. The lowest BCUT2D eigenvalue weighted by molar-refractivity contribution is -0.125. The van der Waals surface area contributed by atoms with E-state index in [4.69, 9.17) is 0 Å². The van der Waals surface area contributed by atoms with Crippen LogP contribution in [0.1, 0.15) is 51.6 Å². The molecule has 8 nitrogen and oxygen atoms in total. The van der Waals surface area contributed by atoms with Crippen molar-refractivity contribution in [2.24, 2.45) is 5.92 Å². The van der Waals surface area contributed by atoms with Crippen molar-refractivity contribution in [2.45, 2.75) is 52.9 Å². The summed E-state index contributed by atoms with van der Waals surface area (Å²) in [4.78, 5) is 34.4. The summed E-state index contributed by atoms with van der Waals surface area (Å²) in [6.07, 6.45) is 5.14. The van der Waals surface area contributed by atoms with Crippen LogP contribution in [-0.2, 0) is 4.79 Å². The molecular weight excluding hydrogens is 400 g/mol. The molecule has 3 rings (SSSR count). The van der Waals surface area contributed by atoms with Crippen LogP contribution in [0.4, 0.5) is 5.13 Å². The Balaban J connectivity index is 1.52. The van der Waals surface area contributed by atoms with Crippen molar-refractivity contribution in [2.75, 3.05) is 44.2 Å². The van der Waals surface area contributed by atoms with E-state index in [0.29, 0.717) is 17.2 Å². The van der Waals surface area contributed by atoms with Gasteiger partial charge in [-0.05, 0) is 58.7 Å². The largest absolute Gasteiger partial charge is 0.356 e. The van der Waals surface area contributed by atoms with Crippen molar-refractivity contribution in [1.82, 2.24) is 24.8 Å². The van der Waals surface area contributed by atoms with Crippen LogP contribution < -0.4 is 15.8 Å². The summed E-state index contributed by atoms with van der Waals surface area (Å²) in [5, 5.41) is 8.34. The number of carbonyl (C=O) groups excluding carboxylic acids is 1. The highest BCUT2D eigenvalue weighted by Gasteiger charge is 2.27. The molecule has 166 valence electrons. The molecule has 0 spiro atoms. The minimum absolute atomic E-state index is 0.0421. The molecule has 1 aliphatic rings. The molecule has 0 aromatic carbocycles. The number of hydrogen-bond acceptors (Lipinski definition) is 7. The smallest absolute Gasteiger partial charge is 0.275 e. The van der Waals surface area contributed by atoms with Crippen molar-refractivity contribution in [1.29, 1.82) is 0 Å². The zero-order chi connectivity index (χ0) is 21.5. The van der Waals surface area contributed by atoms with Gasteiger partial charge in [-0.2, -0.15) is 4.52 Å². The zero-order valence-corrected chi connectivity index (χ0v) is 19.2. The summed E-state index contributed by atoms with van der Waals surface area (Å²) in [5.41, 5.74) is 0.536. The molecule has 1 saturated heterocycles. The van der Waals surface area contributed by atoms with E-state index < -0.39 is 0 Å². The number of carbonyl (C=O) groups is 1. The number of nitrogens with one attached hydrogen (secondary N) is 1. The second-order valence-corrected chi connectivity index (χ2v) is 9.02. The Morgan fingerprint density at radius 1 is 1.30 bits per heavy atom. The Hall–Kier alpha value is -2.00. The Bertz CT molecular complexity index is 889. The molecule has 1 fully saturated rings. The molecule has 0 bridgehead atoms. The number of anilines is 1. The van der Waals surface area contributed by atoms with Crippen LogP contribution in [0, 0.1) is 12.8 Å². The van der Waals surface area contributed by atoms with Crippen LogP contribution >= 0.6 is 11.3 Å². The number of piperidine rings is 1. The monoisotopic (exact) mass is 434 g/mol. The maximum Gasteiger partial charge on any atom is 0.275 e. The first-order chi connectivity index (χ1) is 14.5. The molecule has 1 amide bonds. The van der Waals surface area contributed by atoms with E-state index in [1.165, 1.54) is 21.9 Å². The van der Waals surface area contributed by atoms with E-state index in [0.717, 1.165) is 70.0 Å². The predicted octanol–water partition coefficient (Wildman–Crippen LogP) is 2.30. The van der Waals surface area contributed by atoms with Gasteiger partial charge in [-0.1, -0.05) is 25.2 Å². The first-order valence-corrected chi connectivity index (χ1v) is 12.0. The van der Waals surface area contributed by atoms with E-state index in [2.05, 4.69) is 39.0 Å². The fraction of sp³-hybridized carbons (Fsp3) is 0.714.